The van der Waals surface area contributed by atoms with Gasteiger partial charge in [0.15, 0.2) is 0 Å². The van der Waals surface area contributed by atoms with Gasteiger partial charge in [-0.2, -0.15) is 13.5 Å². The van der Waals surface area contributed by atoms with Crippen LogP contribution in [-0.4, -0.2) is 39.4 Å². The Kier molecular flexibility index (Phi) is 7.25. The Hall–Kier alpha value is -3.59. The summed E-state index contributed by atoms with van der Waals surface area (Å²) in [6, 6.07) is 10.7. The van der Waals surface area contributed by atoms with Crippen molar-refractivity contribution in [2.24, 2.45) is 0 Å². The monoisotopic (exact) mass is 490 g/mol. The van der Waals surface area contributed by atoms with Crippen molar-refractivity contribution in [3.63, 3.8) is 0 Å². The molecule has 1 saturated carbocycles. The zero-order valence-corrected chi connectivity index (χ0v) is 20.5. The van der Waals surface area contributed by atoms with Gasteiger partial charge in [0.05, 0.1) is 16.8 Å². The van der Waals surface area contributed by atoms with E-state index in [1.807, 2.05) is 19.2 Å². The van der Waals surface area contributed by atoms with Crippen LogP contribution in [0.15, 0.2) is 55.1 Å². The van der Waals surface area contributed by atoms with Gasteiger partial charge >= 0.3 is 0 Å². The minimum atomic E-state index is -0.465. The molecule has 0 aliphatic heterocycles. The first kappa shape index (κ1) is 24.5. The Balaban J connectivity index is 0.00000289. The van der Waals surface area contributed by atoms with Gasteiger partial charge in [-0.1, -0.05) is 13.0 Å². The number of nitrogens with one attached hydrogen (secondary N) is 2. The van der Waals surface area contributed by atoms with Gasteiger partial charge in [0.2, 0.25) is 0 Å². The van der Waals surface area contributed by atoms with Crippen molar-refractivity contribution in [3.8, 4) is 11.3 Å². The van der Waals surface area contributed by atoms with Crippen molar-refractivity contribution >= 4 is 36.1 Å². The van der Waals surface area contributed by atoms with Gasteiger partial charge in [0.1, 0.15) is 18.0 Å². The largest absolute Gasteiger partial charge is 0.369 e. The zero-order valence-electron chi connectivity index (χ0n) is 19.5. The molecule has 35 heavy (non-hydrogen) atoms. The molecule has 0 unspecified atom stereocenters. The summed E-state index contributed by atoms with van der Waals surface area (Å²) in [5, 5.41) is 6.14. The first-order valence-electron chi connectivity index (χ1n) is 11.4. The van der Waals surface area contributed by atoms with E-state index in [0.717, 1.165) is 22.5 Å². The second-order valence-electron chi connectivity index (χ2n) is 8.61. The summed E-state index contributed by atoms with van der Waals surface area (Å²) in [5.74, 6) is 0.472. The minimum absolute atomic E-state index is 0. The number of fused-ring (bicyclic) bond motifs is 1. The van der Waals surface area contributed by atoms with Crippen LogP contribution in [0.3, 0.4) is 0 Å². The molecule has 1 aliphatic rings. The number of halogens is 1. The molecular formula is C26H27FN6OS. The summed E-state index contributed by atoms with van der Waals surface area (Å²) in [5.41, 5.74) is 4.49. The second-order valence-corrected chi connectivity index (χ2v) is 8.61. The summed E-state index contributed by atoms with van der Waals surface area (Å²) < 4.78 is 14.7. The highest BCUT2D eigenvalue weighted by atomic mass is 32.1. The van der Waals surface area contributed by atoms with Crippen LogP contribution in [0.25, 0.3) is 22.2 Å². The van der Waals surface area contributed by atoms with Crippen molar-refractivity contribution in [3.05, 3.63) is 77.8 Å². The van der Waals surface area contributed by atoms with E-state index in [2.05, 4.69) is 42.7 Å². The fraction of sp³-hybridized carbons (Fsp3) is 0.269. The molecule has 180 valence electrons. The Labute approximate surface area is 210 Å². The molecule has 1 aliphatic carbocycles. The summed E-state index contributed by atoms with van der Waals surface area (Å²) >= 11 is 0. The predicted octanol–water partition coefficient (Wildman–Crippen LogP) is 4.79. The molecule has 9 heteroatoms. The maximum Gasteiger partial charge on any atom is 0.251 e. The molecule has 0 spiro atoms. The molecule has 2 N–H and O–H groups in total. The summed E-state index contributed by atoms with van der Waals surface area (Å²) in [7, 11) is 1.52. The Morgan fingerprint density at radius 3 is 2.66 bits per heavy atom. The molecule has 7 nitrogen and oxygen atoms in total. The lowest BCUT2D eigenvalue weighted by Crippen LogP contribution is -2.19. The predicted molar refractivity (Wildman–Crippen MR) is 140 cm³/mol. The smallest absolute Gasteiger partial charge is 0.251 e. The van der Waals surface area contributed by atoms with E-state index in [1.54, 1.807) is 6.07 Å². The fourth-order valence-corrected chi connectivity index (χ4v) is 4.13. The third kappa shape index (κ3) is 5.09. The van der Waals surface area contributed by atoms with E-state index in [-0.39, 0.29) is 36.3 Å². The van der Waals surface area contributed by atoms with Gasteiger partial charge < -0.3 is 10.6 Å². The highest BCUT2D eigenvalue weighted by Crippen LogP contribution is 2.39. The van der Waals surface area contributed by atoms with Gasteiger partial charge in [-0.3, -0.25) is 14.8 Å². The van der Waals surface area contributed by atoms with E-state index >= 15 is 0 Å². The van der Waals surface area contributed by atoms with Crippen LogP contribution in [0, 0.1) is 5.82 Å². The molecule has 0 saturated heterocycles. The number of carbonyl (C=O) groups excluding carboxylic acids is 1. The highest BCUT2D eigenvalue weighted by molar-refractivity contribution is 7.59. The lowest BCUT2D eigenvalue weighted by atomic mass is 9.95. The lowest BCUT2D eigenvalue weighted by molar-refractivity contribution is 0.0964. The van der Waals surface area contributed by atoms with Gasteiger partial charge in [0.25, 0.3) is 5.91 Å². The lowest BCUT2D eigenvalue weighted by Gasteiger charge is -2.17. The van der Waals surface area contributed by atoms with E-state index < -0.39 is 5.82 Å². The summed E-state index contributed by atoms with van der Waals surface area (Å²) in [6.45, 7) is 2.57. The van der Waals surface area contributed by atoms with E-state index in [0.29, 0.717) is 23.8 Å². The van der Waals surface area contributed by atoms with Crippen LogP contribution in [0.1, 0.15) is 53.2 Å². The molecule has 3 aromatic heterocycles. The van der Waals surface area contributed by atoms with Crippen molar-refractivity contribution < 1.29 is 9.18 Å². The zero-order chi connectivity index (χ0) is 23.7. The van der Waals surface area contributed by atoms with Crippen LogP contribution in [0.4, 0.5) is 10.2 Å². The van der Waals surface area contributed by atoms with Gasteiger partial charge in [-0.15, -0.1) is 0 Å². The number of rotatable bonds is 7. The standard InChI is InChI=1S/C26H25FN6O.H2S/c1-15(18-6-7-20(27)24-19(26(34)28-2)9-10-29-25(18)24)12-31-23-11-22(32-14-33-23)17-5-8-21(30-13-17)16-3-4-16;/h5-11,13-16H,3-4,12H2,1-2H3,(H,28,34)(H,31,32,33);1H2/t15-;/m1./s1. The normalized spacial score (nSPS) is 13.7. The first-order valence-corrected chi connectivity index (χ1v) is 11.4. The number of hydrogen-bond acceptors (Lipinski definition) is 6. The molecule has 4 aromatic rings. The molecule has 1 aromatic carbocycles. The van der Waals surface area contributed by atoms with Crippen LogP contribution in [0.2, 0.25) is 0 Å². The number of carbonyl (C=O) groups is 1. The fourth-order valence-electron chi connectivity index (χ4n) is 4.13. The number of benzene rings is 1. The molecule has 1 atom stereocenters. The van der Waals surface area contributed by atoms with Crippen molar-refractivity contribution in [2.75, 3.05) is 18.9 Å². The molecule has 0 radical (unpaired) electrons. The average Bonchev–Trinajstić information content (AvgIpc) is 3.73. The van der Waals surface area contributed by atoms with Gasteiger partial charge in [-0.25, -0.2) is 14.4 Å². The molecule has 5 rings (SSSR count). The summed E-state index contributed by atoms with van der Waals surface area (Å²) in [6.07, 6.45) is 7.37. The maximum atomic E-state index is 14.7. The van der Waals surface area contributed by atoms with Crippen molar-refractivity contribution in [1.82, 2.24) is 25.3 Å². The van der Waals surface area contributed by atoms with Gasteiger partial charge in [-0.05, 0) is 42.7 Å². The maximum absolute atomic E-state index is 14.7. The third-order valence-corrected chi connectivity index (χ3v) is 6.21. The van der Waals surface area contributed by atoms with Crippen molar-refractivity contribution in [1.29, 1.82) is 0 Å². The molecule has 1 fully saturated rings. The minimum Gasteiger partial charge on any atom is -0.369 e. The Bertz CT molecular complexity index is 1360. The highest BCUT2D eigenvalue weighted by Gasteiger charge is 2.24. The number of anilines is 1. The van der Waals surface area contributed by atoms with Gasteiger partial charge in [0, 0.05) is 60.5 Å². The summed E-state index contributed by atoms with van der Waals surface area (Å²) in [4.78, 5) is 29.9. The van der Waals surface area contributed by atoms with Crippen LogP contribution < -0.4 is 10.6 Å². The number of amides is 1. The first-order chi connectivity index (χ1) is 16.5. The molecule has 3 heterocycles. The van der Waals surface area contributed by atoms with Crippen LogP contribution in [0.5, 0.6) is 0 Å². The van der Waals surface area contributed by atoms with E-state index in [4.69, 9.17) is 0 Å². The Morgan fingerprint density at radius 2 is 1.94 bits per heavy atom. The molecular weight excluding hydrogens is 463 g/mol. The average molecular weight is 491 g/mol. The van der Waals surface area contributed by atoms with E-state index in [9.17, 15) is 9.18 Å². The Morgan fingerprint density at radius 1 is 1.11 bits per heavy atom. The number of hydrogen-bond donors (Lipinski definition) is 2. The van der Waals surface area contributed by atoms with E-state index in [1.165, 1.54) is 44.5 Å². The molecule has 1 amide bonds. The van der Waals surface area contributed by atoms with Crippen LogP contribution in [-0.2, 0) is 0 Å². The second kappa shape index (κ2) is 10.4. The SMILES string of the molecule is CNC(=O)c1ccnc2c([C@H](C)CNc3cc(-c4ccc(C5CC5)nc4)ncn3)ccc(F)c12.S. The number of aromatic nitrogens is 4. The number of pyridine rings is 2. The van der Waals surface area contributed by atoms with Crippen LogP contribution >= 0.6 is 13.5 Å². The molecule has 0 bridgehead atoms. The third-order valence-electron chi connectivity index (χ3n) is 6.21. The topological polar surface area (TPSA) is 92.7 Å². The quantitative estimate of drug-likeness (QED) is 0.387. The number of nitrogens with zero attached hydrogens (tertiary/aromatic N) is 4. The van der Waals surface area contributed by atoms with Crippen molar-refractivity contribution in [2.45, 2.75) is 31.6 Å².